The summed E-state index contributed by atoms with van der Waals surface area (Å²) in [5, 5.41) is 0. The Morgan fingerprint density at radius 3 is 2.75 bits per heavy atom. The molecular formula is C18H19NO. The quantitative estimate of drug-likeness (QED) is 0.777. The van der Waals surface area contributed by atoms with Gasteiger partial charge in [-0.25, -0.2) is 0 Å². The number of methoxy groups -OCH3 is 1. The van der Waals surface area contributed by atoms with Gasteiger partial charge in [-0.05, 0) is 47.7 Å². The zero-order valence-corrected chi connectivity index (χ0v) is 12.2. The number of hydrogen-bond acceptors (Lipinski definition) is 2. The normalized spacial score (nSPS) is 22.4. The predicted molar refractivity (Wildman–Crippen MR) is 81.8 cm³/mol. The summed E-state index contributed by atoms with van der Waals surface area (Å²) in [5.74, 6) is 1.55. The van der Waals surface area contributed by atoms with Crippen molar-refractivity contribution in [3.8, 4) is 5.75 Å². The lowest BCUT2D eigenvalue weighted by Crippen LogP contribution is -2.20. The van der Waals surface area contributed by atoms with Crippen LogP contribution in [0.25, 0.3) is 0 Å². The molecule has 2 aliphatic rings. The Morgan fingerprint density at radius 1 is 1.15 bits per heavy atom. The fourth-order valence-corrected chi connectivity index (χ4v) is 4.13. The maximum Gasteiger partial charge on any atom is 0.119 e. The standard InChI is InChI=1S/C18H19NO/c1-11-8-13(20-3)10-16-15-9-12-6-4-5-7-14(12)18(15)19(2)17(11)16/h4-8,10,15,18H,9H2,1-3H3/t15-,18-/m1/s1. The van der Waals surface area contributed by atoms with Crippen LogP contribution in [0, 0.1) is 6.92 Å². The molecule has 0 saturated carbocycles. The zero-order chi connectivity index (χ0) is 13.9. The number of fused-ring (bicyclic) bond motifs is 5. The van der Waals surface area contributed by atoms with Crippen LogP contribution in [0.15, 0.2) is 36.4 Å². The Bertz CT molecular complexity index is 692. The van der Waals surface area contributed by atoms with Crippen molar-refractivity contribution >= 4 is 5.69 Å². The summed E-state index contributed by atoms with van der Waals surface area (Å²) in [5.41, 5.74) is 7.16. The summed E-state index contributed by atoms with van der Waals surface area (Å²) in [6.45, 7) is 2.19. The molecule has 0 aromatic heterocycles. The van der Waals surface area contributed by atoms with Crippen LogP contribution in [-0.2, 0) is 6.42 Å². The minimum atomic E-state index is 0.493. The maximum atomic E-state index is 5.46. The number of ether oxygens (including phenoxy) is 1. The lowest BCUT2D eigenvalue weighted by atomic mass is 9.94. The minimum absolute atomic E-state index is 0.493. The fourth-order valence-electron chi connectivity index (χ4n) is 4.13. The van der Waals surface area contributed by atoms with Crippen molar-refractivity contribution in [2.75, 3.05) is 19.1 Å². The van der Waals surface area contributed by atoms with Gasteiger partial charge in [-0.2, -0.15) is 0 Å². The van der Waals surface area contributed by atoms with Crippen LogP contribution in [0.3, 0.4) is 0 Å². The third-order valence-corrected chi connectivity index (χ3v) is 4.90. The first-order chi connectivity index (χ1) is 9.70. The average Bonchev–Trinajstić information content (AvgIpc) is 2.96. The van der Waals surface area contributed by atoms with E-state index >= 15 is 0 Å². The highest BCUT2D eigenvalue weighted by Gasteiger charge is 2.43. The van der Waals surface area contributed by atoms with Gasteiger partial charge >= 0.3 is 0 Å². The first-order valence-corrected chi connectivity index (χ1v) is 7.20. The summed E-state index contributed by atoms with van der Waals surface area (Å²) < 4.78 is 5.46. The molecule has 0 radical (unpaired) electrons. The summed E-state index contributed by atoms with van der Waals surface area (Å²) in [7, 11) is 3.98. The highest BCUT2D eigenvalue weighted by atomic mass is 16.5. The second-order valence-corrected chi connectivity index (χ2v) is 5.95. The number of likely N-dealkylation sites (N-methyl/N-ethyl adjacent to an activating group) is 1. The van der Waals surface area contributed by atoms with Crippen LogP contribution >= 0.6 is 0 Å². The van der Waals surface area contributed by atoms with E-state index in [-0.39, 0.29) is 0 Å². The minimum Gasteiger partial charge on any atom is -0.497 e. The SMILES string of the molecule is COc1cc(C)c2c(c1)[C@H]1Cc3ccccc3[C@H]1N2C. The lowest BCUT2D eigenvalue weighted by molar-refractivity contribution is 0.413. The molecule has 0 unspecified atom stereocenters. The van der Waals surface area contributed by atoms with Crippen molar-refractivity contribution in [3.05, 3.63) is 58.7 Å². The first-order valence-electron chi connectivity index (χ1n) is 7.20. The van der Waals surface area contributed by atoms with Crippen LogP contribution in [0.2, 0.25) is 0 Å². The molecule has 2 atom stereocenters. The van der Waals surface area contributed by atoms with Gasteiger partial charge in [0.15, 0.2) is 0 Å². The Labute approximate surface area is 120 Å². The number of hydrogen-bond donors (Lipinski definition) is 0. The van der Waals surface area contributed by atoms with E-state index in [9.17, 15) is 0 Å². The summed E-state index contributed by atoms with van der Waals surface area (Å²) >= 11 is 0. The zero-order valence-electron chi connectivity index (χ0n) is 12.2. The van der Waals surface area contributed by atoms with Gasteiger partial charge in [0.25, 0.3) is 0 Å². The molecule has 1 aliphatic heterocycles. The van der Waals surface area contributed by atoms with Gasteiger partial charge in [-0.1, -0.05) is 24.3 Å². The van der Waals surface area contributed by atoms with E-state index in [0.717, 1.165) is 12.2 Å². The lowest BCUT2D eigenvalue weighted by Gasteiger charge is -2.24. The van der Waals surface area contributed by atoms with Gasteiger partial charge in [0.05, 0.1) is 13.2 Å². The monoisotopic (exact) mass is 265 g/mol. The molecule has 0 bridgehead atoms. The third-order valence-electron chi connectivity index (χ3n) is 4.90. The van der Waals surface area contributed by atoms with Gasteiger partial charge in [-0.3, -0.25) is 0 Å². The number of aryl methyl sites for hydroxylation is 1. The highest BCUT2D eigenvalue weighted by Crippen LogP contribution is 2.56. The molecule has 2 heteroatoms. The number of anilines is 1. The number of rotatable bonds is 1. The second-order valence-electron chi connectivity index (χ2n) is 5.95. The van der Waals surface area contributed by atoms with Crippen molar-refractivity contribution in [2.45, 2.75) is 25.3 Å². The van der Waals surface area contributed by atoms with Crippen molar-refractivity contribution < 1.29 is 4.74 Å². The third kappa shape index (κ3) is 1.39. The maximum absolute atomic E-state index is 5.46. The van der Waals surface area contributed by atoms with Crippen LogP contribution in [0.1, 0.15) is 34.2 Å². The molecule has 0 spiro atoms. The smallest absolute Gasteiger partial charge is 0.119 e. The molecule has 20 heavy (non-hydrogen) atoms. The van der Waals surface area contributed by atoms with Crippen molar-refractivity contribution in [1.82, 2.24) is 0 Å². The molecule has 1 heterocycles. The van der Waals surface area contributed by atoms with Crippen LogP contribution in [0.4, 0.5) is 5.69 Å². The van der Waals surface area contributed by atoms with Gasteiger partial charge in [0.2, 0.25) is 0 Å². The summed E-state index contributed by atoms with van der Waals surface area (Å²) in [4.78, 5) is 2.46. The molecule has 2 nitrogen and oxygen atoms in total. The fraction of sp³-hybridized carbons (Fsp3) is 0.333. The first kappa shape index (κ1) is 11.8. The molecular weight excluding hydrogens is 246 g/mol. The molecule has 2 aromatic rings. The predicted octanol–water partition coefficient (Wildman–Crippen LogP) is 3.83. The Kier molecular flexibility index (Phi) is 2.38. The molecule has 0 amide bonds. The van der Waals surface area contributed by atoms with E-state index in [1.807, 2.05) is 0 Å². The average molecular weight is 265 g/mol. The van der Waals surface area contributed by atoms with E-state index in [2.05, 4.69) is 55.3 Å². The molecule has 0 fully saturated rings. The highest BCUT2D eigenvalue weighted by molar-refractivity contribution is 5.70. The van der Waals surface area contributed by atoms with Crippen molar-refractivity contribution in [3.63, 3.8) is 0 Å². The summed E-state index contributed by atoms with van der Waals surface area (Å²) in [6.07, 6.45) is 1.14. The number of nitrogens with zero attached hydrogens (tertiary/aromatic N) is 1. The van der Waals surface area contributed by atoms with Crippen LogP contribution < -0.4 is 9.64 Å². The Balaban J connectivity index is 1.89. The largest absolute Gasteiger partial charge is 0.497 e. The van der Waals surface area contributed by atoms with Crippen molar-refractivity contribution in [2.24, 2.45) is 0 Å². The van der Waals surface area contributed by atoms with Gasteiger partial charge < -0.3 is 9.64 Å². The van der Waals surface area contributed by atoms with Crippen LogP contribution in [0.5, 0.6) is 5.75 Å². The molecule has 0 saturated heterocycles. The van der Waals surface area contributed by atoms with Crippen molar-refractivity contribution in [1.29, 1.82) is 0 Å². The molecule has 2 aromatic carbocycles. The number of benzene rings is 2. The summed E-state index contributed by atoms with van der Waals surface area (Å²) in [6, 6.07) is 13.7. The van der Waals surface area contributed by atoms with E-state index in [4.69, 9.17) is 4.74 Å². The Morgan fingerprint density at radius 2 is 1.95 bits per heavy atom. The second kappa shape index (κ2) is 4.02. The van der Waals surface area contributed by atoms with E-state index in [1.165, 1.54) is 27.9 Å². The molecule has 1 aliphatic carbocycles. The van der Waals surface area contributed by atoms with E-state index < -0.39 is 0 Å². The van der Waals surface area contributed by atoms with Gasteiger partial charge in [0.1, 0.15) is 5.75 Å². The van der Waals surface area contributed by atoms with Gasteiger partial charge in [0, 0.05) is 18.7 Å². The topological polar surface area (TPSA) is 12.5 Å². The van der Waals surface area contributed by atoms with Crippen LogP contribution in [-0.4, -0.2) is 14.2 Å². The molecule has 102 valence electrons. The molecule has 4 rings (SSSR count). The van der Waals surface area contributed by atoms with E-state index in [1.54, 1.807) is 7.11 Å². The van der Waals surface area contributed by atoms with Gasteiger partial charge in [-0.15, -0.1) is 0 Å². The van der Waals surface area contributed by atoms with E-state index in [0.29, 0.717) is 12.0 Å². The Hall–Kier alpha value is -1.96. The molecule has 0 N–H and O–H groups in total.